The minimum Gasteiger partial charge on any atom is -0.493 e. The van der Waals surface area contributed by atoms with Crippen molar-refractivity contribution in [1.82, 2.24) is 5.43 Å². The normalized spacial score (nSPS) is 10.5. The molecule has 0 atom stereocenters. The summed E-state index contributed by atoms with van der Waals surface area (Å²) in [5.41, 5.74) is 5.43. The molecule has 0 spiro atoms. The zero-order valence-corrected chi connectivity index (χ0v) is 19.6. The number of hydrogen-bond donors (Lipinski definition) is 2. The van der Waals surface area contributed by atoms with Crippen molar-refractivity contribution >= 4 is 23.7 Å². The maximum atomic E-state index is 12.4. The Bertz CT molecular complexity index is 1190. The molecule has 0 saturated heterocycles. The first-order chi connectivity index (χ1) is 17.0. The molecule has 0 bridgehead atoms. The monoisotopic (exact) mass is 473 g/mol. The van der Waals surface area contributed by atoms with Crippen LogP contribution in [-0.2, 0) is 4.79 Å². The van der Waals surface area contributed by atoms with Crippen LogP contribution in [0.4, 0.5) is 5.69 Å². The number of aryl methyl sites for hydroxylation is 1. The van der Waals surface area contributed by atoms with Gasteiger partial charge in [0.25, 0.3) is 11.8 Å². The number of ether oxygens (including phenoxy) is 3. The number of nitrogens with one attached hydrogen (secondary N) is 2. The number of carbonyl (C=O) groups is 2. The maximum Gasteiger partial charge on any atom is 0.271 e. The first kappa shape index (κ1) is 25.0. The maximum absolute atomic E-state index is 12.4. The Hall–Kier alpha value is -4.59. The fourth-order valence-corrected chi connectivity index (χ4v) is 2.94. The summed E-state index contributed by atoms with van der Waals surface area (Å²) < 4.78 is 16.3. The van der Waals surface area contributed by atoms with Gasteiger partial charge >= 0.3 is 0 Å². The molecule has 0 aliphatic rings. The van der Waals surface area contributed by atoms with E-state index in [-0.39, 0.29) is 12.5 Å². The smallest absolute Gasteiger partial charge is 0.271 e. The van der Waals surface area contributed by atoms with E-state index >= 15 is 0 Å². The lowest BCUT2D eigenvalue weighted by Crippen LogP contribution is -2.20. The second-order valence-electron chi connectivity index (χ2n) is 7.44. The van der Waals surface area contributed by atoms with Crippen LogP contribution < -0.4 is 25.0 Å². The van der Waals surface area contributed by atoms with Crippen LogP contribution in [0.15, 0.2) is 84.5 Å². The van der Waals surface area contributed by atoms with Crippen molar-refractivity contribution < 1.29 is 23.8 Å². The molecule has 3 rings (SSSR count). The van der Waals surface area contributed by atoms with Crippen molar-refractivity contribution in [2.24, 2.45) is 5.10 Å². The van der Waals surface area contributed by atoms with Crippen LogP contribution in [0.3, 0.4) is 0 Å². The number of carbonyl (C=O) groups excluding carboxylic acids is 2. The lowest BCUT2D eigenvalue weighted by Gasteiger charge is -2.10. The number of amides is 2. The molecule has 0 heterocycles. The van der Waals surface area contributed by atoms with E-state index in [9.17, 15) is 9.59 Å². The van der Waals surface area contributed by atoms with Crippen molar-refractivity contribution in [3.05, 3.63) is 96.1 Å². The number of hydrogen-bond acceptors (Lipinski definition) is 6. The summed E-state index contributed by atoms with van der Waals surface area (Å²) in [6, 6.07) is 19.3. The molecule has 180 valence electrons. The van der Waals surface area contributed by atoms with Crippen LogP contribution in [0.1, 0.15) is 21.5 Å². The molecule has 0 fully saturated rings. The molecule has 3 aromatic rings. The van der Waals surface area contributed by atoms with Crippen molar-refractivity contribution in [2.45, 2.75) is 6.92 Å². The molecular weight excluding hydrogens is 446 g/mol. The van der Waals surface area contributed by atoms with Crippen LogP contribution >= 0.6 is 0 Å². The largest absolute Gasteiger partial charge is 0.493 e. The third-order valence-electron chi connectivity index (χ3n) is 4.75. The van der Waals surface area contributed by atoms with E-state index in [1.807, 2.05) is 31.2 Å². The summed E-state index contributed by atoms with van der Waals surface area (Å²) >= 11 is 0. The van der Waals surface area contributed by atoms with Crippen molar-refractivity contribution in [2.75, 3.05) is 25.6 Å². The Balaban J connectivity index is 1.48. The van der Waals surface area contributed by atoms with Gasteiger partial charge < -0.3 is 19.5 Å². The molecular formula is C27H27N3O5. The average molecular weight is 474 g/mol. The molecule has 0 saturated carbocycles. The second kappa shape index (κ2) is 12.6. The third-order valence-corrected chi connectivity index (χ3v) is 4.75. The van der Waals surface area contributed by atoms with Crippen LogP contribution in [0.25, 0.3) is 0 Å². The highest BCUT2D eigenvalue weighted by Gasteiger charge is 2.10. The van der Waals surface area contributed by atoms with Gasteiger partial charge in [0.2, 0.25) is 0 Å². The summed E-state index contributed by atoms with van der Waals surface area (Å²) in [4.78, 5) is 24.4. The van der Waals surface area contributed by atoms with E-state index < -0.39 is 5.91 Å². The van der Waals surface area contributed by atoms with Gasteiger partial charge in [-0.1, -0.05) is 30.4 Å². The molecule has 35 heavy (non-hydrogen) atoms. The zero-order chi connectivity index (χ0) is 25.0. The van der Waals surface area contributed by atoms with Gasteiger partial charge in [0, 0.05) is 11.3 Å². The lowest BCUT2D eigenvalue weighted by atomic mass is 10.2. The lowest BCUT2D eigenvalue weighted by molar-refractivity contribution is -0.118. The number of rotatable bonds is 11. The van der Waals surface area contributed by atoms with Crippen LogP contribution in [-0.4, -0.2) is 38.4 Å². The molecule has 2 N–H and O–H groups in total. The SMILES string of the molecule is C=CCOc1ccc(C(=O)N/N=C/c2ccc(OCC(=O)Nc3ccc(C)cc3)cc2)cc1OC. The molecule has 0 aliphatic heterocycles. The van der Waals surface area contributed by atoms with Gasteiger partial charge in [0.1, 0.15) is 12.4 Å². The molecule has 2 amide bonds. The summed E-state index contributed by atoms with van der Waals surface area (Å²) in [6.45, 7) is 5.80. The topological polar surface area (TPSA) is 98.3 Å². The molecule has 0 aliphatic carbocycles. The first-order valence-corrected chi connectivity index (χ1v) is 10.8. The first-order valence-electron chi connectivity index (χ1n) is 10.8. The molecule has 0 radical (unpaired) electrons. The van der Waals surface area contributed by atoms with Gasteiger partial charge in [-0.3, -0.25) is 9.59 Å². The highest BCUT2D eigenvalue weighted by Crippen LogP contribution is 2.28. The number of nitrogens with zero attached hydrogens (tertiary/aromatic N) is 1. The van der Waals surface area contributed by atoms with Gasteiger partial charge in [-0.05, 0) is 67.1 Å². The second-order valence-corrected chi connectivity index (χ2v) is 7.44. The van der Waals surface area contributed by atoms with E-state index in [1.165, 1.54) is 13.3 Å². The van der Waals surface area contributed by atoms with Crippen LogP contribution in [0, 0.1) is 6.92 Å². The third kappa shape index (κ3) is 7.75. The average Bonchev–Trinajstić information content (AvgIpc) is 2.88. The van der Waals surface area contributed by atoms with Crippen LogP contribution in [0.2, 0.25) is 0 Å². The molecule has 0 aromatic heterocycles. The van der Waals surface area contributed by atoms with Gasteiger partial charge in [-0.2, -0.15) is 5.10 Å². The minimum atomic E-state index is -0.394. The number of methoxy groups -OCH3 is 1. The molecule has 3 aromatic carbocycles. The van der Waals surface area contributed by atoms with E-state index in [0.717, 1.165) is 11.1 Å². The highest BCUT2D eigenvalue weighted by molar-refractivity contribution is 5.95. The number of benzene rings is 3. The zero-order valence-electron chi connectivity index (χ0n) is 19.6. The molecule has 8 heteroatoms. The Labute approximate surface area is 204 Å². The number of hydrazone groups is 1. The van der Waals surface area contributed by atoms with E-state index in [2.05, 4.69) is 22.4 Å². The van der Waals surface area contributed by atoms with Gasteiger partial charge in [0.15, 0.2) is 18.1 Å². The summed E-state index contributed by atoms with van der Waals surface area (Å²) in [5, 5.41) is 6.77. The predicted octanol–water partition coefficient (Wildman–Crippen LogP) is 4.35. The molecule has 0 unspecified atom stereocenters. The van der Waals surface area contributed by atoms with Crippen molar-refractivity contribution in [3.63, 3.8) is 0 Å². The van der Waals surface area contributed by atoms with E-state index in [4.69, 9.17) is 14.2 Å². The highest BCUT2D eigenvalue weighted by atomic mass is 16.5. The fourth-order valence-electron chi connectivity index (χ4n) is 2.94. The molecule has 8 nitrogen and oxygen atoms in total. The van der Waals surface area contributed by atoms with E-state index in [0.29, 0.717) is 35.1 Å². The fraction of sp³-hybridized carbons (Fsp3) is 0.148. The van der Waals surface area contributed by atoms with E-state index in [1.54, 1.807) is 48.5 Å². The predicted molar refractivity (Wildman–Crippen MR) is 135 cm³/mol. The quantitative estimate of drug-likeness (QED) is 0.245. The number of anilines is 1. The van der Waals surface area contributed by atoms with Gasteiger partial charge in [-0.15, -0.1) is 0 Å². The van der Waals surface area contributed by atoms with Crippen molar-refractivity contribution in [3.8, 4) is 17.2 Å². The van der Waals surface area contributed by atoms with Crippen LogP contribution in [0.5, 0.6) is 17.2 Å². The van der Waals surface area contributed by atoms with Gasteiger partial charge in [0.05, 0.1) is 13.3 Å². The standard InChI is InChI=1S/C27H27N3O5/c1-4-15-34-24-14-9-21(16-25(24)33-3)27(32)30-28-17-20-7-12-23(13-8-20)35-18-26(31)29-22-10-5-19(2)6-11-22/h4-14,16-17H,1,15,18H2,2-3H3,(H,29,31)(H,30,32)/b28-17+. The minimum absolute atomic E-state index is 0.113. The summed E-state index contributed by atoms with van der Waals surface area (Å²) in [5.74, 6) is 0.846. The van der Waals surface area contributed by atoms with Gasteiger partial charge in [-0.25, -0.2) is 5.43 Å². The Kier molecular flexibility index (Phi) is 9.01. The summed E-state index contributed by atoms with van der Waals surface area (Å²) in [7, 11) is 1.50. The van der Waals surface area contributed by atoms with Crippen molar-refractivity contribution in [1.29, 1.82) is 0 Å². The Morgan fingerprint density at radius 2 is 1.71 bits per heavy atom. The Morgan fingerprint density at radius 1 is 0.971 bits per heavy atom. The Morgan fingerprint density at radius 3 is 2.40 bits per heavy atom. The summed E-state index contributed by atoms with van der Waals surface area (Å²) in [6.07, 6.45) is 3.13.